The molecule has 0 saturated heterocycles. The van der Waals surface area contributed by atoms with Gasteiger partial charge in [-0.15, -0.1) is 10.2 Å². The van der Waals surface area contributed by atoms with E-state index in [-0.39, 0.29) is 23.5 Å². The highest BCUT2D eigenvalue weighted by atomic mass is 32.2. The van der Waals surface area contributed by atoms with Gasteiger partial charge in [0.2, 0.25) is 5.91 Å². The average Bonchev–Trinajstić information content (AvgIpc) is 3.23. The molecule has 2 N–H and O–H groups in total. The lowest BCUT2D eigenvalue weighted by molar-refractivity contribution is -0.119. The summed E-state index contributed by atoms with van der Waals surface area (Å²) in [5.74, 6) is 0.749. The Morgan fingerprint density at radius 2 is 1.61 bits per heavy atom. The maximum atomic E-state index is 12.5. The maximum absolute atomic E-state index is 12.5. The lowest BCUT2D eigenvalue weighted by Gasteiger charge is -2.14. The van der Waals surface area contributed by atoms with Gasteiger partial charge in [0.1, 0.15) is 5.75 Å². The third-order valence-electron chi connectivity index (χ3n) is 4.80. The number of hydrogen-bond donors (Lipinski definition) is 2. The average molecular weight is 431 g/mol. The molecule has 31 heavy (non-hydrogen) atoms. The number of rotatable bonds is 7. The van der Waals surface area contributed by atoms with Gasteiger partial charge in [-0.3, -0.25) is 9.36 Å². The van der Waals surface area contributed by atoms with E-state index in [0.717, 1.165) is 11.3 Å². The van der Waals surface area contributed by atoms with Crippen molar-refractivity contribution >= 4 is 17.7 Å². The molecule has 156 valence electrons. The van der Waals surface area contributed by atoms with Crippen molar-refractivity contribution in [2.45, 2.75) is 18.1 Å². The minimum absolute atomic E-state index is 0.0851. The van der Waals surface area contributed by atoms with Crippen LogP contribution in [0.25, 0.3) is 17.1 Å². The first kappa shape index (κ1) is 20.7. The normalized spacial score (nSPS) is 11.8. The van der Waals surface area contributed by atoms with Gasteiger partial charge in [-0.25, -0.2) is 0 Å². The van der Waals surface area contributed by atoms with E-state index < -0.39 is 0 Å². The largest absolute Gasteiger partial charge is 0.507 e. The summed E-state index contributed by atoms with van der Waals surface area (Å²) in [7, 11) is 0. The van der Waals surface area contributed by atoms with E-state index in [1.54, 1.807) is 18.2 Å². The predicted molar refractivity (Wildman–Crippen MR) is 122 cm³/mol. The van der Waals surface area contributed by atoms with E-state index in [1.807, 2.05) is 78.2 Å². The molecule has 4 rings (SSSR count). The molecule has 4 aromatic rings. The van der Waals surface area contributed by atoms with Gasteiger partial charge in [-0.05, 0) is 36.8 Å². The van der Waals surface area contributed by atoms with Gasteiger partial charge in [-0.2, -0.15) is 0 Å². The second-order valence-electron chi connectivity index (χ2n) is 6.98. The Hall–Kier alpha value is -3.58. The van der Waals surface area contributed by atoms with Crippen molar-refractivity contribution in [3.8, 4) is 22.8 Å². The molecule has 1 heterocycles. The fraction of sp³-hybridized carbons (Fsp3) is 0.125. The molecule has 0 saturated carbocycles. The zero-order valence-electron chi connectivity index (χ0n) is 17.0. The van der Waals surface area contributed by atoms with E-state index in [1.165, 1.54) is 11.8 Å². The molecule has 7 heteroatoms. The smallest absolute Gasteiger partial charge is 0.230 e. The Morgan fingerprint density at radius 3 is 2.32 bits per heavy atom. The number of nitrogens with zero attached hydrogens (tertiary/aromatic N) is 3. The molecule has 3 aromatic carbocycles. The summed E-state index contributed by atoms with van der Waals surface area (Å²) < 4.78 is 1.85. The monoisotopic (exact) mass is 430 g/mol. The predicted octanol–water partition coefficient (Wildman–Crippen LogP) is 4.61. The van der Waals surface area contributed by atoms with Gasteiger partial charge in [0.15, 0.2) is 11.0 Å². The van der Waals surface area contributed by atoms with Crippen LogP contribution >= 0.6 is 11.8 Å². The molecular weight excluding hydrogens is 408 g/mol. The zero-order valence-corrected chi connectivity index (χ0v) is 17.8. The lowest BCUT2D eigenvalue weighted by Crippen LogP contribution is -2.28. The third-order valence-corrected chi connectivity index (χ3v) is 5.73. The highest BCUT2D eigenvalue weighted by Gasteiger charge is 2.19. The number of phenols is 1. The first-order chi connectivity index (χ1) is 15.1. The number of nitrogens with one attached hydrogen (secondary N) is 1. The summed E-state index contributed by atoms with van der Waals surface area (Å²) >= 11 is 1.30. The van der Waals surface area contributed by atoms with Gasteiger partial charge in [-0.1, -0.05) is 72.4 Å². The standard InChI is InChI=1S/C24H22N4O2S/c1-17(18-10-4-2-5-11-18)25-22(30)16-31-24-27-26-23(20-14-8-9-15-21(20)29)28(24)19-12-6-3-7-13-19/h2-15,17,29H,16H2,1H3,(H,25,30)/t17-/m0/s1. The fourth-order valence-corrected chi connectivity index (χ4v) is 4.01. The zero-order chi connectivity index (χ0) is 21.6. The van der Waals surface area contributed by atoms with Crippen molar-refractivity contribution < 1.29 is 9.90 Å². The van der Waals surface area contributed by atoms with Crippen LogP contribution < -0.4 is 5.32 Å². The van der Waals surface area contributed by atoms with E-state index in [2.05, 4.69) is 15.5 Å². The molecule has 1 amide bonds. The molecule has 0 fully saturated rings. The third kappa shape index (κ3) is 4.78. The number of thioether (sulfide) groups is 1. The van der Waals surface area contributed by atoms with E-state index in [4.69, 9.17) is 0 Å². The maximum Gasteiger partial charge on any atom is 0.230 e. The first-order valence-corrected chi connectivity index (χ1v) is 10.9. The van der Waals surface area contributed by atoms with Crippen molar-refractivity contribution in [3.05, 3.63) is 90.5 Å². The highest BCUT2D eigenvalue weighted by molar-refractivity contribution is 7.99. The van der Waals surface area contributed by atoms with E-state index in [0.29, 0.717) is 16.5 Å². The van der Waals surface area contributed by atoms with Crippen LogP contribution in [0.15, 0.2) is 90.1 Å². The van der Waals surface area contributed by atoms with Gasteiger partial charge in [0.25, 0.3) is 0 Å². The van der Waals surface area contributed by atoms with E-state index >= 15 is 0 Å². The highest BCUT2D eigenvalue weighted by Crippen LogP contribution is 2.32. The van der Waals surface area contributed by atoms with Gasteiger partial charge in [0, 0.05) is 5.69 Å². The molecule has 6 nitrogen and oxygen atoms in total. The minimum atomic E-state index is -0.0897. The summed E-state index contributed by atoms with van der Waals surface area (Å²) in [4.78, 5) is 12.5. The summed E-state index contributed by atoms with van der Waals surface area (Å²) in [6.07, 6.45) is 0. The summed E-state index contributed by atoms with van der Waals surface area (Å²) in [6.45, 7) is 1.96. The van der Waals surface area contributed by atoms with E-state index in [9.17, 15) is 9.90 Å². The molecule has 0 radical (unpaired) electrons. The van der Waals surface area contributed by atoms with Gasteiger partial charge in [0.05, 0.1) is 17.4 Å². The number of amides is 1. The number of aromatic nitrogens is 3. The molecular formula is C24H22N4O2S. The van der Waals surface area contributed by atoms with Crippen LogP contribution in [-0.2, 0) is 4.79 Å². The van der Waals surface area contributed by atoms with Crippen molar-refractivity contribution in [2.24, 2.45) is 0 Å². The molecule has 0 unspecified atom stereocenters. The molecule has 0 aliphatic rings. The molecule has 0 aliphatic carbocycles. The number of phenolic OH excluding ortho intramolecular Hbond substituents is 1. The fourth-order valence-electron chi connectivity index (χ4n) is 3.25. The second kappa shape index (κ2) is 9.49. The van der Waals surface area contributed by atoms with Crippen molar-refractivity contribution in [1.82, 2.24) is 20.1 Å². The van der Waals surface area contributed by atoms with Crippen molar-refractivity contribution in [2.75, 3.05) is 5.75 Å². The van der Waals surface area contributed by atoms with Crippen LogP contribution in [0.3, 0.4) is 0 Å². The molecule has 0 bridgehead atoms. The first-order valence-electron chi connectivity index (χ1n) is 9.90. The van der Waals surface area contributed by atoms with Crippen molar-refractivity contribution in [1.29, 1.82) is 0 Å². The van der Waals surface area contributed by atoms with Gasteiger partial charge >= 0.3 is 0 Å². The number of carbonyl (C=O) groups excluding carboxylic acids is 1. The Kier molecular flexibility index (Phi) is 6.33. The number of para-hydroxylation sites is 2. The van der Waals surface area contributed by atoms with Crippen LogP contribution in [0, 0.1) is 0 Å². The van der Waals surface area contributed by atoms with Crippen LogP contribution in [0.1, 0.15) is 18.5 Å². The topological polar surface area (TPSA) is 80.0 Å². The SMILES string of the molecule is C[C@H](NC(=O)CSc1nnc(-c2ccccc2O)n1-c1ccccc1)c1ccccc1. The van der Waals surface area contributed by atoms with Crippen LogP contribution in [0.5, 0.6) is 5.75 Å². The van der Waals surface area contributed by atoms with Crippen LogP contribution in [0.4, 0.5) is 0 Å². The number of benzene rings is 3. The second-order valence-corrected chi connectivity index (χ2v) is 7.93. The number of aromatic hydroxyl groups is 1. The van der Waals surface area contributed by atoms with Crippen LogP contribution in [0.2, 0.25) is 0 Å². The molecule has 1 atom stereocenters. The summed E-state index contributed by atoms with van der Waals surface area (Å²) in [5, 5.41) is 22.5. The minimum Gasteiger partial charge on any atom is -0.507 e. The van der Waals surface area contributed by atoms with Crippen LogP contribution in [-0.4, -0.2) is 31.5 Å². The Bertz CT molecular complexity index is 1160. The molecule has 0 spiro atoms. The Labute approximate surface area is 185 Å². The lowest BCUT2D eigenvalue weighted by atomic mass is 10.1. The molecule has 0 aliphatic heterocycles. The number of carbonyl (C=O) groups is 1. The number of hydrogen-bond acceptors (Lipinski definition) is 5. The van der Waals surface area contributed by atoms with Crippen molar-refractivity contribution in [3.63, 3.8) is 0 Å². The quantitative estimate of drug-likeness (QED) is 0.419. The summed E-state index contributed by atoms with van der Waals surface area (Å²) in [5.41, 5.74) is 2.48. The summed E-state index contributed by atoms with van der Waals surface area (Å²) in [6, 6.07) is 26.4. The molecule has 1 aromatic heterocycles. The van der Waals surface area contributed by atoms with Gasteiger partial charge < -0.3 is 10.4 Å². The Morgan fingerprint density at radius 1 is 0.968 bits per heavy atom. The Balaban J connectivity index is 1.56.